The van der Waals surface area contributed by atoms with E-state index in [0.717, 1.165) is 11.1 Å². The van der Waals surface area contributed by atoms with Crippen molar-refractivity contribution < 1.29 is 23.8 Å². The van der Waals surface area contributed by atoms with Gasteiger partial charge in [-0.15, -0.1) is 0 Å². The molecule has 0 aliphatic heterocycles. The smallest absolute Gasteiger partial charge is 0.337 e. The molecule has 0 fully saturated rings. The highest BCUT2D eigenvalue weighted by atomic mass is 16.5. The normalized spacial score (nSPS) is 10.8. The molecule has 0 aliphatic carbocycles. The summed E-state index contributed by atoms with van der Waals surface area (Å²) in [6.07, 6.45) is 2.23. The Morgan fingerprint density at radius 3 is 2.42 bits per heavy atom. The molecule has 0 radical (unpaired) electrons. The standard InChI is InChI=1S/C24H26N2O5/c1-3-30-14-4-13-26-23(27)21(16-25)15-18-7-11-22(12-8-18)31-17-19-5-9-20(10-6-19)24(28)29-2/h5-12,15H,3-4,13-14,17H2,1-2H3,(H,26,27). The van der Waals surface area contributed by atoms with Gasteiger partial charge in [0.1, 0.15) is 24.0 Å². The lowest BCUT2D eigenvalue weighted by Gasteiger charge is -2.08. The highest BCUT2D eigenvalue weighted by molar-refractivity contribution is 6.01. The molecule has 7 nitrogen and oxygen atoms in total. The molecule has 0 atom stereocenters. The highest BCUT2D eigenvalue weighted by Gasteiger charge is 2.08. The molecule has 0 saturated carbocycles. The number of nitriles is 1. The number of carbonyl (C=O) groups is 2. The van der Waals surface area contributed by atoms with E-state index in [2.05, 4.69) is 10.1 Å². The largest absolute Gasteiger partial charge is 0.489 e. The van der Waals surface area contributed by atoms with Crippen LogP contribution in [0.25, 0.3) is 6.08 Å². The first-order valence-corrected chi connectivity index (χ1v) is 9.95. The van der Waals surface area contributed by atoms with E-state index in [1.807, 2.05) is 13.0 Å². The van der Waals surface area contributed by atoms with Crippen molar-refractivity contribution in [3.05, 3.63) is 70.8 Å². The van der Waals surface area contributed by atoms with Crippen molar-refractivity contribution in [3.8, 4) is 11.8 Å². The summed E-state index contributed by atoms with van der Waals surface area (Å²) >= 11 is 0. The second kappa shape index (κ2) is 12.8. The molecular formula is C24H26N2O5. The molecular weight excluding hydrogens is 396 g/mol. The maximum Gasteiger partial charge on any atom is 0.337 e. The number of nitrogens with zero attached hydrogens (tertiary/aromatic N) is 1. The molecule has 2 aromatic rings. The topological polar surface area (TPSA) is 97.6 Å². The van der Waals surface area contributed by atoms with Gasteiger partial charge in [0.15, 0.2) is 0 Å². The fraction of sp³-hybridized carbons (Fsp3) is 0.292. The first-order valence-electron chi connectivity index (χ1n) is 9.95. The minimum absolute atomic E-state index is 0.0378. The lowest BCUT2D eigenvalue weighted by atomic mass is 10.1. The van der Waals surface area contributed by atoms with E-state index in [0.29, 0.717) is 44.1 Å². The number of esters is 1. The first-order chi connectivity index (χ1) is 15.1. The van der Waals surface area contributed by atoms with Crippen LogP contribution in [0.1, 0.15) is 34.8 Å². The van der Waals surface area contributed by atoms with E-state index in [-0.39, 0.29) is 11.5 Å². The average Bonchev–Trinajstić information content (AvgIpc) is 2.81. The van der Waals surface area contributed by atoms with Gasteiger partial charge in [-0.1, -0.05) is 24.3 Å². The molecule has 0 bridgehead atoms. The Bertz CT molecular complexity index is 928. The molecule has 7 heteroatoms. The molecule has 0 aromatic heterocycles. The van der Waals surface area contributed by atoms with Crippen molar-refractivity contribution in [3.63, 3.8) is 0 Å². The van der Waals surface area contributed by atoms with Gasteiger partial charge in [-0.25, -0.2) is 4.79 Å². The summed E-state index contributed by atoms with van der Waals surface area (Å²) in [6.45, 7) is 3.91. The van der Waals surface area contributed by atoms with Crippen LogP contribution in [0.2, 0.25) is 0 Å². The Hall–Kier alpha value is -3.63. The van der Waals surface area contributed by atoms with Crippen LogP contribution in [0.3, 0.4) is 0 Å². The van der Waals surface area contributed by atoms with E-state index in [9.17, 15) is 14.9 Å². The van der Waals surface area contributed by atoms with Gasteiger partial charge in [-0.2, -0.15) is 5.26 Å². The van der Waals surface area contributed by atoms with Crippen LogP contribution in [-0.4, -0.2) is 38.7 Å². The SMILES string of the molecule is CCOCCCNC(=O)C(C#N)=Cc1ccc(OCc2ccc(C(=O)OC)cc2)cc1. The van der Waals surface area contributed by atoms with Crippen LogP contribution >= 0.6 is 0 Å². The number of hydrogen-bond donors (Lipinski definition) is 1. The van der Waals surface area contributed by atoms with E-state index in [1.54, 1.807) is 48.5 Å². The number of ether oxygens (including phenoxy) is 3. The van der Waals surface area contributed by atoms with Gasteiger partial charge in [0.05, 0.1) is 12.7 Å². The van der Waals surface area contributed by atoms with Crippen molar-refractivity contribution in [2.24, 2.45) is 0 Å². The minimum atomic E-state index is -0.408. The molecule has 0 unspecified atom stereocenters. The number of nitrogens with one attached hydrogen (secondary N) is 1. The maximum absolute atomic E-state index is 12.1. The number of amides is 1. The van der Waals surface area contributed by atoms with Crippen molar-refractivity contribution >= 4 is 18.0 Å². The summed E-state index contributed by atoms with van der Waals surface area (Å²) < 4.78 is 15.6. The third-order valence-corrected chi connectivity index (χ3v) is 4.29. The number of carbonyl (C=O) groups excluding carboxylic acids is 2. The van der Waals surface area contributed by atoms with Gasteiger partial charge in [-0.3, -0.25) is 4.79 Å². The van der Waals surface area contributed by atoms with Gasteiger partial charge >= 0.3 is 5.97 Å². The van der Waals surface area contributed by atoms with Crippen molar-refractivity contribution in [1.82, 2.24) is 5.32 Å². The van der Waals surface area contributed by atoms with Gasteiger partial charge in [0, 0.05) is 19.8 Å². The minimum Gasteiger partial charge on any atom is -0.489 e. The van der Waals surface area contributed by atoms with Gasteiger partial charge in [0.2, 0.25) is 0 Å². The van der Waals surface area contributed by atoms with Crippen molar-refractivity contribution in [1.29, 1.82) is 5.26 Å². The summed E-state index contributed by atoms with van der Waals surface area (Å²) in [5.41, 5.74) is 2.14. The van der Waals surface area contributed by atoms with E-state index >= 15 is 0 Å². The molecule has 162 valence electrons. The van der Waals surface area contributed by atoms with Gasteiger partial charge in [-0.05, 0) is 54.8 Å². The second-order valence-electron chi connectivity index (χ2n) is 6.52. The van der Waals surface area contributed by atoms with Crippen LogP contribution in [0.15, 0.2) is 54.1 Å². The Morgan fingerprint density at radius 2 is 1.81 bits per heavy atom. The summed E-state index contributed by atoms with van der Waals surface area (Å²) in [7, 11) is 1.34. The lowest BCUT2D eigenvalue weighted by molar-refractivity contribution is -0.117. The number of rotatable bonds is 11. The molecule has 0 saturated heterocycles. The molecule has 0 aliphatic rings. The molecule has 1 N–H and O–H groups in total. The molecule has 2 rings (SSSR count). The molecule has 2 aromatic carbocycles. The van der Waals surface area contributed by atoms with Crippen molar-refractivity contribution in [2.45, 2.75) is 20.0 Å². The Morgan fingerprint density at radius 1 is 1.10 bits per heavy atom. The third kappa shape index (κ3) is 7.96. The van der Waals surface area contributed by atoms with Crippen LogP contribution < -0.4 is 10.1 Å². The van der Waals surface area contributed by atoms with Crippen LogP contribution in [0, 0.1) is 11.3 Å². The Kier molecular flexibility index (Phi) is 9.79. The summed E-state index contributed by atoms with van der Waals surface area (Å²) in [4.78, 5) is 23.6. The molecule has 1 amide bonds. The van der Waals surface area contributed by atoms with Gasteiger partial charge < -0.3 is 19.5 Å². The number of methoxy groups -OCH3 is 1. The van der Waals surface area contributed by atoms with E-state index < -0.39 is 5.91 Å². The maximum atomic E-state index is 12.1. The fourth-order valence-electron chi connectivity index (χ4n) is 2.61. The zero-order valence-electron chi connectivity index (χ0n) is 17.7. The average molecular weight is 422 g/mol. The zero-order chi connectivity index (χ0) is 22.5. The zero-order valence-corrected chi connectivity index (χ0v) is 17.7. The first kappa shape index (κ1) is 23.6. The lowest BCUT2D eigenvalue weighted by Crippen LogP contribution is -2.26. The second-order valence-corrected chi connectivity index (χ2v) is 6.52. The number of benzene rings is 2. The summed E-state index contributed by atoms with van der Waals surface area (Å²) in [6, 6.07) is 16.0. The van der Waals surface area contributed by atoms with Crippen LogP contribution in [0.5, 0.6) is 5.75 Å². The molecule has 31 heavy (non-hydrogen) atoms. The fourth-order valence-corrected chi connectivity index (χ4v) is 2.61. The molecule has 0 heterocycles. The van der Waals surface area contributed by atoms with E-state index in [4.69, 9.17) is 9.47 Å². The van der Waals surface area contributed by atoms with E-state index in [1.165, 1.54) is 13.2 Å². The van der Waals surface area contributed by atoms with Gasteiger partial charge in [0.25, 0.3) is 5.91 Å². The van der Waals surface area contributed by atoms with Crippen molar-refractivity contribution in [2.75, 3.05) is 26.9 Å². The quantitative estimate of drug-likeness (QED) is 0.258. The monoisotopic (exact) mass is 422 g/mol. The summed E-state index contributed by atoms with van der Waals surface area (Å²) in [5, 5.41) is 12.0. The highest BCUT2D eigenvalue weighted by Crippen LogP contribution is 2.16. The predicted molar refractivity (Wildman–Crippen MR) is 116 cm³/mol. The predicted octanol–water partition coefficient (Wildman–Crippen LogP) is 3.50. The molecule has 0 spiro atoms. The Labute approximate surface area is 182 Å². The third-order valence-electron chi connectivity index (χ3n) is 4.29. The summed E-state index contributed by atoms with van der Waals surface area (Å²) in [5.74, 6) is -0.144. The van der Waals surface area contributed by atoms with Crippen LogP contribution in [0.4, 0.5) is 0 Å². The van der Waals surface area contributed by atoms with Crippen LogP contribution in [-0.2, 0) is 20.9 Å². The number of hydrogen-bond acceptors (Lipinski definition) is 6. The Balaban J connectivity index is 1.89.